The first-order valence-corrected chi connectivity index (χ1v) is 6.91. The van der Waals surface area contributed by atoms with E-state index in [2.05, 4.69) is 5.32 Å². The van der Waals surface area contributed by atoms with Crippen LogP contribution in [-0.2, 0) is 4.79 Å². The van der Waals surface area contributed by atoms with Gasteiger partial charge in [-0.1, -0.05) is 42.5 Å². The number of para-hydroxylation sites is 2. The molecular formula is C17H14F4N2O. The topological polar surface area (TPSA) is 55.1 Å². The van der Waals surface area contributed by atoms with E-state index in [1.807, 2.05) is 0 Å². The van der Waals surface area contributed by atoms with E-state index in [1.165, 1.54) is 0 Å². The van der Waals surface area contributed by atoms with Crippen LogP contribution in [0.1, 0.15) is 5.56 Å². The Morgan fingerprint density at radius 3 is 2.21 bits per heavy atom. The van der Waals surface area contributed by atoms with Crippen LogP contribution in [0.15, 0.2) is 60.7 Å². The van der Waals surface area contributed by atoms with Gasteiger partial charge in [-0.05, 0) is 17.7 Å². The van der Waals surface area contributed by atoms with Gasteiger partial charge in [-0.25, -0.2) is 8.78 Å². The number of nitrogen functional groups attached to an aromatic ring is 1. The lowest BCUT2D eigenvalue weighted by molar-refractivity contribution is -0.161. The zero-order chi connectivity index (χ0) is 17.7. The number of ketones is 1. The number of carbonyl (C=O) groups is 1. The highest BCUT2D eigenvalue weighted by atomic mass is 19.3. The van der Waals surface area contributed by atoms with Crippen molar-refractivity contribution >= 4 is 22.9 Å². The van der Waals surface area contributed by atoms with Crippen LogP contribution in [0, 0.1) is 0 Å². The molecule has 0 aromatic heterocycles. The Kier molecular flexibility index (Phi) is 5.23. The van der Waals surface area contributed by atoms with Gasteiger partial charge in [-0.3, -0.25) is 4.79 Å². The van der Waals surface area contributed by atoms with Crippen LogP contribution in [0.4, 0.5) is 28.9 Å². The predicted molar refractivity (Wildman–Crippen MR) is 84.9 cm³/mol. The van der Waals surface area contributed by atoms with Gasteiger partial charge in [-0.15, -0.1) is 0 Å². The molecule has 24 heavy (non-hydrogen) atoms. The summed E-state index contributed by atoms with van der Waals surface area (Å²) in [5, 5.41) is 2.74. The lowest BCUT2D eigenvalue weighted by atomic mass is 10.1. The highest BCUT2D eigenvalue weighted by molar-refractivity contribution is 6.03. The molecule has 7 heteroatoms. The smallest absolute Gasteiger partial charge is 0.368 e. The Morgan fingerprint density at radius 2 is 1.62 bits per heavy atom. The molecule has 0 atom stereocenters. The van der Waals surface area contributed by atoms with Crippen molar-refractivity contribution in [3.05, 3.63) is 66.2 Å². The highest BCUT2D eigenvalue weighted by Gasteiger charge is 2.47. The molecule has 0 bridgehead atoms. The summed E-state index contributed by atoms with van der Waals surface area (Å²) >= 11 is 0. The van der Waals surface area contributed by atoms with Crippen molar-refractivity contribution in [2.24, 2.45) is 0 Å². The van der Waals surface area contributed by atoms with Gasteiger partial charge in [0.15, 0.2) is 0 Å². The summed E-state index contributed by atoms with van der Waals surface area (Å²) in [7, 11) is 0. The lowest BCUT2D eigenvalue weighted by Gasteiger charge is -2.16. The molecular weight excluding hydrogens is 324 g/mol. The number of nitrogens with one attached hydrogen (secondary N) is 1. The number of rotatable bonds is 6. The maximum Gasteiger partial charge on any atom is 0.368 e. The molecule has 0 amide bonds. The van der Waals surface area contributed by atoms with Gasteiger partial charge in [0.1, 0.15) is 0 Å². The molecule has 0 radical (unpaired) electrons. The van der Waals surface area contributed by atoms with Crippen LogP contribution in [0.3, 0.4) is 0 Å². The number of hydrogen-bond donors (Lipinski definition) is 2. The lowest BCUT2D eigenvalue weighted by Crippen LogP contribution is -2.35. The number of halogens is 4. The molecule has 0 aliphatic carbocycles. The summed E-state index contributed by atoms with van der Waals surface area (Å²) in [5.41, 5.74) is 6.76. The SMILES string of the molecule is Nc1ccccc1NC(=CC(=O)C(F)(F)C(F)F)c1ccccc1. The van der Waals surface area contributed by atoms with Crippen LogP contribution in [0.2, 0.25) is 0 Å². The van der Waals surface area contributed by atoms with E-state index in [0.717, 1.165) is 0 Å². The molecule has 126 valence electrons. The van der Waals surface area contributed by atoms with E-state index >= 15 is 0 Å². The van der Waals surface area contributed by atoms with Gasteiger partial charge in [0.2, 0.25) is 5.78 Å². The second-order valence-electron chi connectivity index (χ2n) is 4.92. The van der Waals surface area contributed by atoms with Crippen molar-refractivity contribution in [3.8, 4) is 0 Å². The molecule has 0 fully saturated rings. The molecule has 2 rings (SSSR count). The van der Waals surface area contributed by atoms with Gasteiger partial charge >= 0.3 is 12.3 Å². The fraction of sp³-hybridized carbons (Fsp3) is 0.118. The monoisotopic (exact) mass is 338 g/mol. The highest BCUT2D eigenvalue weighted by Crippen LogP contribution is 2.28. The van der Waals surface area contributed by atoms with E-state index in [4.69, 9.17) is 5.73 Å². The number of carbonyl (C=O) groups excluding carboxylic acids is 1. The number of alkyl halides is 4. The molecule has 0 heterocycles. The Morgan fingerprint density at radius 1 is 1.04 bits per heavy atom. The van der Waals surface area contributed by atoms with Crippen molar-refractivity contribution in [2.75, 3.05) is 11.1 Å². The maximum absolute atomic E-state index is 13.2. The third-order valence-electron chi connectivity index (χ3n) is 3.19. The van der Waals surface area contributed by atoms with Gasteiger partial charge in [-0.2, -0.15) is 8.78 Å². The molecule has 0 saturated heterocycles. The standard InChI is InChI=1S/C17H14F4N2O/c18-16(19)17(20,21)15(24)10-14(11-6-2-1-3-7-11)23-13-9-5-4-8-12(13)22/h1-10,16,23H,22H2. The van der Waals surface area contributed by atoms with Crippen molar-refractivity contribution < 1.29 is 22.4 Å². The summed E-state index contributed by atoms with van der Waals surface area (Å²) in [6.07, 6.45) is -3.62. The Labute approximate surface area is 135 Å². The molecule has 0 saturated carbocycles. The van der Waals surface area contributed by atoms with Crippen LogP contribution in [0.25, 0.3) is 5.70 Å². The third-order valence-corrected chi connectivity index (χ3v) is 3.19. The Hall–Kier alpha value is -2.83. The largest absolute Gasteiger partial charge is 0.397 e. The first-order valence-electron chi connectivity index (χ1n) is 6.91. The zero-order valence-corrected chi connectivity index (χ0v) is 12.3. The van der Waals surface area contributed by atoms with Crippen LogP contribution in [0.5, 0.6) is 0 Å². The average molecular weight is 338 g/mol. The molecule has 0 aliphatic heterocycles. The predicted octanol–water partition coefficient (Wildman–Crippen LogP) is 4.19. The minimum absolute atomic E-state index is 0.0566. The fourth-order valence-electron chi connectivity index (χ4n) is 1.90. The van der Waals surface area contributed by atoms with Crippen molar-refractivity contribution in [3.63, 3.8) is 0 Å². The number of nitrogens with two attached hydrogens (primary N) is 1. The summed E-state index contributed by atoms with van der Waals surface area (Å²) in [6, 6.07) is 14.5. The van der Waals surface area contributed by atoms with Crippen LogP contribution < -0.4 is 11.1 Å². The first-order chi connectivity index (χ1) is 11.3. The summed E-state index contributed by atoms with van der Waals surface area (Å²) < 4.78 is 51.2. The second-order valence-corrected chi connectivity index (χ2v) is 4.92. The van der Waals surface area contributed by atoms with Gasteiger partial charge in [0.25, 0.3) is 0 Å². The third kappa shape index (κ3) is 3.92. The van der Waals surface area contributed by atoms with Gasteiger partial charge < -0.3 is 11.1 Å². The number of allylic oxidation sites excluding steroid dienone is 1. The molecule has 3 N–H and O–H groups in total. The number of hydrogen-bond acceptors (Lipinski definition) is 3. The first kappa shape index (κ1) is 17.5. The Balaban J connectivity index is 2.43. The summed E-state index contributed by atoms with van der Waals surface area (Å²) in [6.45, 7) is 0. The van der Waals surface area contributed by atoms with E-state index in [9.17, 15) is 22.4 Å². The average Bonchev–Trinajstić information content (AvgIpc) is 2.56. The van der Waals surface area contributed by atoms with E-state index in [0.29, 0.717) is 23.0 Å². The normalized spacial score (nSPS) is 12.3. The van der Waals surface area contributed by atoms with Crippen LogP contribution >= 0.6 is 0 Å². The molecule has 2 aromatic rings. The number of benzene rings is 2. The summed E-state index contributed by atoms with van der Waals surface area (Å²) in [4.78, 5) is 11.6. The van der Waals surface area contributed by atoms with Crippen LogP contribution in [-0.4, -0.2) is 18.1 Å². The van der Waals surface area contributed by atoms with Gasteiger partial charge in [0.05, 0.1) is 11.4 Å². The molecule has 0 spiro atoms. The molecule has 0 unspecified atom stereocenters. The number of anilines is 2. The minimum Gasteiger partial charge on any atom is -0.397 e. The minimum atomic E-state index is -4.76. The summed E-state index contributed by atoms with van der Waals surface area (Å²) in [5.74, 6) is -6.75. The maximum atomic E-state index is 13.2. The van der Waals surface area contributed by atoms with E-state index in [-0.39, 0.29) is 5.70 Å². The zero-order valence-electron chi connectivity index (χ0n) is 12.3. The molecule has 2 aromatic carbocycles. The van der Waals surface area contributed by atoms with Crippen molar-refractivity contribution in [2.45, 2.75) is 12.3 Å². The van der Waals surface area contributed by atoms with Crippen molar-refractivity contribution in [1.82, 2.24) is 0 Å². The van der Waals surface area contributed by atoms with E-state index < -0.39 is 18.1 Å². The van der Waals surface area contributed by atoms with Crippen molar-refractivity contribution in [1.29, 1.82) is 0 Å². The quantitative estimate of drug-likeness (QED) is 0.472. The molecule has 3 nitrogen and oxygen atoms in total. The van der Waals surface area contributed by atoms with Gasteiger partial charge in [0, 0.05) is 11.8 Å². The second kappa shape index (κ2) is 7.16. The molecule has 0 aliphatic rings. The fourth-order valence-corrected chi connectivity index (χ4v) is 1.90. The Bertz CT molecular complexity index is 745. The van der Waals surface area contributed by atoms with E-state index in [1.54, 1.807) is 54.6 Å².